The van der Waals surface area contributed by atoms with E-state index in [9.17, 15) is 9.90 Å². The molecule has 1 N–H and O–H groups in total. The molecule has 0 aliphatic carbocycles. The first kappa shape index (κ1) is 39.6. The topological polar surface area (TPSA) is 63.3 Å². The molecule has 5 aromatic rings. The van der Waals surface area contributed by atoms with Gasteiger partial charge in [-0.2, -0.15) is 0 Å². The van der Waals surface area contributed by atoms with Crippen LogP contribution < -0.4 is 0 Å². The third-order valence-corrected chi connectivity index (χ3v) is 11.3. The van der Waals surface area contributed by atoms with Gasteiger partial charge < -0.3 is 9.52 Å². The molecular formula is C42H54IrNO3S-. The Balaban J connectivity index is 0.000000334. The van der Waals surface area contributed by atoms with Crippen LogP contribution in [0, 0.1) is 17.9 Å². The molecule has 0 aliphatic heterocycles. The summed E-state index contributed by atoms with van der Waals surface area (Å²) < 4.78 is 8.69. The van der Waals surface area contributed by atoms with E-state index in [0.717, 1.165) is 71.9 Å². The van der Waals surface area contributed by atoms with Gasteiger partial charge in [0.1, 0.15) is 5.76 Å². The van der Waals surface area contributed by atoms with Crippen LogP contribution in [0.4, 0.5) is 0 Å². The van der Waals surface area contributed by atoms with Crippen LogP contribution in [-0.2, 0) is 35.7 Å². The number of allylic oxidation sites excluding steroid dienone is 2. The summed E-state index contributed by atoms with van der Waals surface area (Å²) >= 11 is 1.77. The SMILES string of the molecule is CCC(C)(CC)c1cc(-c2nccc3c2sc2cc(C(C)(C)C)oc23)[c-]c2ccccc12.CCC(CC)C(=O)/C=C(\O)C(CC)CC.[Ir]. The van der Waals surface area contributed by atoms with E-state index in [1.165, 1.54) is 26.4 Å². The standard InChI is InChI=1S/C29H30NOS.C13H24O2.Ir/c1-7-29(6,8-2)22-16-19(15-18-11-9-10-12-20(18)22)25-27-21(13-14-30-25)26-23(32-27)17-24(31-26)28(3,4)5;1-5-10(6-2)12(14)9-13(15)11(7-3)8-4;/h9-14,16-17H,7-8H2,1-6H3;9-11,14H,5-8H2,1-4H3;/q-1;;/b;12-9-;. The average molecular weight is 845 g/mol. The minimum Gasteiger partial charge on any atom is -0.512 e. The van der Waals surface area contributed by atoms with Crippen molar-refractivity contribution >= 4 is 48.3 Å². The number of carbonyl (C=O) groups excluding carboxylic acids is 1. The molecule has 4 nitrogen and oxygen atoms in total. The van der Waals surface area contributed by atoms with E-state index in [1.807, 2.05) is 33.9 Å². The molecule has 48 heavy (non-hydrogen) atoms. The number of fused-ring (bicyclic) bond motifs is 4. The minimum absolute atomic E-state index is 0. The molecule has 0 saturated heterocycles. The largest absolute Gasteiger partial charge is 0.512 e. The Bertz CT molecular complexity index is 1850. The maximum Gasteiger partial charge on any atom is 0.162 e. The number of rotatable bonds is 11. The monoisotopic (exact) mass is 845 g/mol. The van der Waals surface area contributed by atoms with E-state index in [4.69, 9.17) is 9.40 Å². The van der Waals surface area contributed by atoms with Crippen molar-refractivity contribution in [2.45, 2.75) is 119 Å². The second kappa shape index (κ2) is 16.7. The first-order valence-corrected chi connectivity index (χ1v) is 18.4. The van der Waals surface area contributed by atoms with Crippen LogP contribution in [-0.4, -0.2) is 15.9 Å². The predicted octanol–water partition coefficient (Wildman–Crippen LogP) is 12.9. The van der Waals surface area contributed by atoms with Gasteiger partial charge in [0.25, 0.3) is 0 Å². The van der Waals surface area contributed by atoms with Crippen LogP contribution in [0.1, 0.15) is 119 Å². The molecular weight excluding hydrogens is 791 g/mol. The van der Waals surface area contributed by atoms with Crippen LogP contribution in [0.25, 0.3) is 42.4 Å². The Labute approximate surface area is 305 Å². The van der Waals surface area contributed by atoms with Gasteiger partial charge in [0.2, 0.25) is 0 Å². The number of ketones is 1. The number of benzene rings is 2. The minimum atomic E-state index is -0.00723. The van der Waals surface area contributed by atoms with Crippen molar-refractivity contribution in [3.05, 3.63) is 77.9 Å². The van der Waals surface area contributed by atoms with Crippen LogP contribution in [0.3, 0.4) is 0 Å². The van der Waals surface area contributed by atoms with Crippen molar-refractivity contribution in [3.8, 4) is 11.3 Å². The third kappa shape index (κ3) is 8.32. The Morgan fingerprint density at radius 1 is 0.917 bits per heavy atom. The maximum atomic E-state index is 11.7. The zero-order chi connectivity index (χ0) is 34.5. The summed E-state index contributed by atoms with van der Waals surface area (Å²) in [6, 6.07) is 18.9. The molecule has 0 atom stereocenters. The summed E-state index contributed by atoms with van der Waals surface area (Å²) in [6.07, 6.45) is 9.00. The maximum absolute atomic E-state index is 11.7. The van der Waals surface area contributed by atoms with Gasteiger partial charge >= 0.3 is 0 Å². The number of thiophene rings is 1. The zero-order valence-electron chi connectivity index (χ0n) is 30.5. The van der Waals surface area contributed by atoms with Gasteiger partial charge in [-0.05, 0) is 56.1 Å². The Hall–Kier alpha value is -2.79. The van der Waals surface area contributed by atoms with Gasteiger partial charge in [0.15, 0.2) is 11.4 Å². The summed E-state index contributed by atoms with van der Waals surface area (Å²) in [5.74, 6) is 1.58. The molecule has 1 radical (unpaired) electrons. The van der Waals surface area contributed by atoms with Crippen molar-refractivity contribution in [1.82, 2.24) is 4.98 Å². The third-order valence-electron chi connectivity index (χ3n) is 10.1. The summed E-state index contributed by atoms with van der Waals surface area (Å²) in [5.41, 5.74) is 4.54. The number of hydrogen-bond acceptors (Lipinski definition) is 5. The number of carbonyl (C=O) groups is 1. The molecule has 0 saturated carbocycles. The zero-order valence-corrected chi connectivity index (χ0v) is 33.8. The van der Waals surface area contributed by atoms with Gasteiger partial charge in [-0.3, -0.25) is 9.78 Å². The van der Waals surface area contributed by atoms with Crippen molar-refractivity contribution in [3.63, 3.8) is 0 Å². The predicted molar refractivity (Wildman–Crippen MR) is 202 cm³/mol. The number of aliphatic hydroxyl groups is 1. The number of aliphatic hydroxyl groups excluding tert-OH is 1. The van der Waals surface area contributed by atoms with E-state index in [0.29, 0.717) is 0 Å². The average Bonchev–Trinajstić information content (AvgIpc) is 3.64. The van der Waals surface area contributed by atoms with Crippen molar-refractivity contribution in [2.24, 2.45) is 11.8 Å². The normalized spacial score (nSPS) is 12.5. The second-order valence-electron chi connectivity index (χ2n) is 14.1. The molecule has 0 aliphatic rings. The quantitative estimate of drug-likeness (QED) is 0.0817. The molecule has 0 bridgehead atoms. The van der Waals surface area contributed by atoms with Crippen molar-refractivity contribution in [1.29, 1.82) is 0 Å². The molecule has 5 rings (SSSR count). The van der Waals surface area contributed by atoms with Gasteiger partial charge in [-0.15, -0.1) is 40.5 Å². The van der Waals surface area contributed by atoms with Gasteiger partial charge in [0, 0.05) is 65.4 Å². The van der Waals surface area contributed by atoms with E-state index in [1.54, 1.807) is 11.3 Å². The fraction of sp³-hybridized carbons (Fsp3) is 0.476. The van der Waals surface area contributed by atoms with E-state index in [-0.39, 0.29) is 54.3 Å². The van der Waals surface area contributed by atoms with E-state index < -0.39 is 0 Å². The summed E-state index contributed by atoms with van der Waals surface area (Å²) in [6.45, 7) is 21.6. The van der Waals surface area contributed by atoms with Crippen LogP contribution in [0.5, 0.6) is 0 Å². The Morgan fingerprint density at radius 3 is 2.12 bits per heavy atom. The number of pyridine rings is 1. The van der Waals surface area contributed by atoms with Crippen LogP contribution >= 0.6 is 11.3 Å². The molecule has 0 fully saturated rings. The van der Waals surface area contributed by atoms with Crippen LogP contribution in [0.15, 0.2) is 64.9 Å². The Morgan fingerprint density at radius 2 is 1.54 bits per heavy atom. The molecule has 261 valence electrons. The van der Waals surface area contributed by atoms with Crippen molar-refractivity contribution in [2.75, 3.05) is 0 Å². The van der Waals surface area contributed by atoms with Crippen molar-refractivity contribution < 1.29 is 34.4 Å². The first-order chi connectivity index (χ1) is 22.3. The fourth-order valence-electron chi connectivity index (χ4n) is 6.31. The summed E-state index contributed by atoms with van der Waals surface area (Å²) in [4.78, 5) is 16.6. The van der Waals surface area contributed by atoms with Gasteiger partial charge in [0.05, 0.1) is 10.5 Å². The molecule has 0 amide bonds. The number of aromatic nitrogens is 1. The molecule has 6 heteroatoms. The van der Waals surface area contributed by atoms with Crippen LogP contribution in [0.2, 0.25) is 0 Å². The smallest absolute Gasteiger partial charge is 0.162 e. The molecule has 3 aromatic heterocycles. The van der Waals surface area contributed by atoms with E-state index >= 15 is 0 Å². The van der Waals surface area contributed by atoms with Gasteiger partial charge in [-0.25, -0.2) is 0 Å². The number of furan rings is 1. The first-order valence-electron chi connectivity index (χ1n) is 17.6. The molecule has 3 heterocycles. The number of nitrogens with zero attached hydrogens (tertiary/aromatic N) is 1. The van der Waals surface area contributed by atoms with E-state index in [2.05, 4.69) is 90.1 Å². The fourth-order valence-corrected chi connectivity index (χ4v) is 7.47. The summed E-state index contributed by atoms with van der Waals surface area (Å²) in [5, 5.41) is 13.4. The second-order valence-corrected chi connectivity index (χ2v) is 15.2. The molecule has 2 aromatic carbocycles. The summed E-state index contributed by atoms with van der Waals surface area (Å²) in [7, 11) is 0. The molecule has 0 spiro atoms. The Kier molecular flexibility index (Phi) is 13.8. The molecule has 0 unspecified atom stereocenters. The number of hydrogen-bond donors (Lipinski definition) is 1. The van der Waals surface area contributed by atoms with Gasteiger partial charge in [-0.1, -0.05) is 98.4 Å².